The third-order valence-electron chi connectivity index (χ3n) is 5.17. The van der Waals surface area contributed by atoms with E-state index in [0.717, 1.165) is 51.4 Å². The molecule has 2 aromatic rings. The van der Waals surface area contributed by atoms with Gasteiger partial charge in [-0.25, -0.2) is 0 Å². The van der Waals surface area contributed by atoms with Crippen LogP contribution in [-0.4, -0.2) is 43.3 Å². The molecule has 0 amide bonds. The maximum atomic E-state index is 11.7. The molecule has 6 nitrogen and oxygen atoms in total. The van der Waals surface area contributed by atoms with Gasteiger partial charge in [-0.1, -0.05) is 23.8 Å². The maximum absolute atomic E-state index is 11.7. The van der Waals surface area contributed by atoms with Crippen LogP contribution in [0.5, 0.6) is 0 Å². The van der Waals surface area contributed by atoms with Gasteiger partial charge in [-0.2, -0.15) is 0 Å². The van der Waals surface area contributed by atoms with E-state index < -0.39 is 0 Å². The van der Waals surface area contributed by atoms with E-state index in [2.05, 4.69) is 51.7 Å². The minimum Gasteiger partial charge on any atom is -0.369 e. The number of benzene rings is 1. The first kappa shape index (κ1) is 23.3. The Bertz CT molecular complexity index is 834. The van der Waals surface area contributed by atoms with Gasteiger partial charge in [-0.3, -0.25) is 9.79 Å². The smallest absolute Gasteiger partial charge is 0.250 e. The lowest BCUT2D eigenvalue weighted by Crippen LogP contribution is -2.44. The zero-order valence-corrected chi connectivity index (χ0v) is 19.6. The number of aromatic nitrogens is 1. The van der Waals surface area contributed by atoms with Crippen molar-refractivity contribution in [1.82, 2.24) is 15.2 Å². The van der Waals surface area contributed by atoms with Crippen molar-refractivity contribution < 1.29 is 0 Å². The summed E-state index contributed by atoms with van der Waals surface area (Å²) in [5.74, 6) is 0.854. The Hall–Kier alpha value is -2.03. The lowest BCUT2D eigenvalue weighted by molar-refractivity contribution is 0.580. The van der Waals surface area contributed by atoms with Crippen molar-refractivity contribution in [2.24, 2.45) is 4.99 Å². The molecule has 0 aliphatic carbocycles. The van der Waals surface area contributed by atoms with Gasteiger partial charge in [-0.05, 0) is 44.4 Å². The van der Waals surface area contributed by atoms with E-state index in [1.165, 1.54) is 11.3 Å². The van der Waals surface area contributed by atoms with Gasteiger partial charge in [-0.15, -0.1) is 24.0 Å². The molecular weight excluding hydrogens is 477 g/mol. The van der Waals surface area contributed by atoms with Gasteiger partial charge >= 0.3 is 0 Å². The minimum absolute atomic E-state index is 0. The standard InChI is InChI=1S/C22H31N5O.HI/c1-18-8-10-20(11-9-18)27-16-12-19(17-27)25-22(23-2)24-13-4-6-15-26-14-5-3-7-21(26)28;/h3,5,7-11,14,19H,4,6,12-13,15-17H2,1-2H3,(H2,23,24,25);1H. The van der Waals surface area contributed by atoms with E-state index in [1.807, 2.05) is 19.3 Å². The van der Waals surface area contributed by atoms with Crippen molar-refractivity contribution in [3.8, 4) is 0 Å². The topological polar surface area (TPSA) is 61.7 Å². The molecule has 2 heterocycles. The molecule has 1 aromatic carbocycles. The van der Waals surface area contributed by atoms with Crippen LogP contribution in [0.2, 0.25) is 0 Å². The number of rotatable bonds is 7. The quantitative estimate of drug-likeness (QED) is 0.261. The molecule has 0 bridgehead atoms. The molecule has 1 saturated heterocycles. The van der Waals surface area contributed by atoms with Crippen LogP contribution in [0, 0.1) is 6.92 Å². The largest absolute Gasteiger partial charge is 0.369 e. The highest BCUT2D eigenvalue weighted by Crippen LogP contribution is 2.20. The number of hydrogen-bond acceptors (Lipinski definition) is 3. The Kier molecular flexibility index (Phi) is 9.50. The van der Waals surface area contributed by atoms with Crippen LogP contribution in [-0.2, 0) is 6.54 Å². The third-order valence-corrected chi connectivity index (χ3v) is 5.17. The molecule has 0 spiro atoms. The summed E-state index contributed by atoms with van der Waals surface area (Å²) in [5, 5.41) is 6.93. The number of nitrogens with one attached hydrogen (secondary N) is 2. The van der Waals surface area contributed by atoms with Gasteiger partial charge in [0.2, 0.25) is 5.56 Å². The Morgan fingerprint density at radius 3 is 2.69 bits per heavy atom. The fraction of sp³-hybridized carbons (Fsp3) is 0.455. The van der Waals surface area contributed by atoms with Gasteiger partial charge in [0, 0.05) is 57.2 Å². The minimum atomic E-state index is 0. The molecule has 29 heavy (non-hydrogen) atoms. The Balaban J connectivity index is 0.00000300. The van der Waals surface area contributed by atoms with E-state index in [4.69, 9.17) is 0 Å². The highest BCUT2D eigenvalue weighted by Gasteiger charge is 2.23. The molecule has 1 fully saturated rings. The van der Waals surface area contributed by atoms with Crippen molar-refractivity contribution in [3.05, 3.63) is 64.6 Å². The molecule has 3 rings (SSSR count). The van der Waals surface area contributed by atoms with Crippen molar-refractivity contribution >= 4 is 35.6 Å². The molecule has 1 aliphatic rings. The predicted octanol–water partition coefficient (Wildman–Crippen LogP) is 3.00. The predicted molar refractivity (Wildman–Crippen MR) is 132 cm³/mol. The van der Waals surface area contributed by atoms with E-state index >= 15 is 0 Å². The van der Waals surface area contributed by atoms with Crippen LogP contribution >= 0.6 is 24.0 Å². The molecule has 1 aliphatic heterocycles. The van der Waals surface area contributed by atoms with Crippen molar-refractivity contribution in [1.29, 1.82) is 0 Å². The molecule has 158 valence electrons. The van der Waals surface area contributed by atoms with E-state index in [1.54, 1.807) is 16.7 Å². The van der Waals surface area contributed by atoms with Crippen molar-refractivity contribution in [2.75, 3.05) is 31.6 Å². The molecule has 0 radical (unpaired) electrons. The number of unbranched alkanes of at least 4 members (excludes halogenated alkanes) is 1. The van der Waals surface area contributed by atoms with Gasteiger partial charge in [0.15, 0.2) is 5.96 Å². The lowest BCUT2D eigenvalue weighted by atomic mass is 10.2. The molecule has 7 heteroatoms. The first-order chi connectivity index (χ1) is 13.7. The monoisotopic (exact) mass is 509 g/mol. The first-order valence-electron chi connectivity index (χ1n) is 10.1. The normalized spacial score (nSPS) is 16.4. The SMILES string of the molecule is CN=C(NCCCCn1ccccc1=O)NC1CCN(c2ccc(C)cc2)C1.I. The van der Waals surface area contributed by atoms with Gasteiger partial charge in [0.25, 0.3) is 0 Å². The zero-order chi connectivity index (χ0) is 19.8. The first-order valence-corrected chi connectivity index (χ1v) is 10.1. The highest BCUT2D eigenvalue weighted by molar-refractivity contribution is 14.0. The molecule has 0 saturated carbocycles. The van der Waals surface area contributed by atoms with Crippen molar-refractivity contribution in [2.45, 2.75) is 38.8 Å². The number of aryl methyl sites for hydroxylation is 2. The second-order valence-electron chi connectivity index (χ2n) is 7.35. The fourth-order valence-electron chi connectivity index (χ4n) is 3.52. The molecule has 2 N–H and O–H groups in total. The van der Waals surface area contributed by atoms with Crippen LogP contribution in [0.3, 0.4) is 0 Å². The van der Waals surface area contributed by atoms with Gasteiger partial charge < -0.3 is 20.1 Å². The summed E-state index contributed by atoms with van der Waals surface area (Å²) in [6, 6.07) is 14.4. The maximum Gasteiger partial charge on any atom is 0.250 e. The van der Waals surface area contributed by atoms with Crippen LogP contribution in [0.1, 0.15) is 24.8 Å². The molecular formula is C22H32IN5O. The number of pyridine rings is 1. The Labute approximate surface area is 190 Å². The fourth-order valence-corrected chi connectivity index (χ4v) is 3.52. The summed E-state index contributed by atoms with van der Waals surface area (Å²) in [7, 11) is 1.81. The van der Waals surface area contributed by atoms with Gasteiger partial charge in [0.1, 0.15) is 0 Å². The summed E-state index contributed by atoms with van der Waals surface area (Å²) < 4.78 is 1.76. The third kappa shape index (κ3) is 7.06. The van der Waals surface area contributed by atoms with E-state index in [9.17, 15) is 4.79 Å². The highest BCUT2D eigenvalue weighted by atomic mass is 127. The number of guanidine groups is 1. The molecule has 1 unspecified atom stereocenters. The van der Waals surface area contributed by atoms with Crippen molar-refractivity contribution in [3.63, 3.8) is 0 Å². The summed E-state index contributed by atoms with van der Waals surface area (Å²) in [4.78, 5) is 18.5. The van der Waals surface area contributed by atoms with E-state index in [0.29, 0.717) is 6.04 Å². The number of nitrogens with zero attached hydrogens (tertiary/aromatic N) is 3. The Morgan fingerprint density at radius 2 is 1.97 bits per heavy atom. The molecule has 1 aromatic heterocycles. The number of hydrogen-bond donors (Lipinski definition) is 2. The molecule has 1 atom stereocenters. The summed E-state index contributed by atoms with van der Waals surface area (Å²) >= 11 is 0. The van der Waals surface area contributed by atoms with Crippen LogP contribution in [0.15, 0.2) is 58.4 Å². The zero-order valence-electron chi connectivity index (χ0n) is 17.3. The summed E-state index contributed by atoms with van der Waals surface area (Å²) in [6.07, 6.45) is 4.89. The van der Waals surface area contributed by atoms with E-state index in [-0.39, 0.29) is 29.5 Å². The summed E-state index contributed by atoms with van der Waals surface area (Å²) in [5.41, 5.74) is 2.64. The Morgan fingerprint density at radius 1 is 1.17 bits per heavy atom. The second kappa shape index (κ2) is 11.8. The summed E-state index contributed by atoms with van der Waals surface area (Å²) in [6.45, 7) is 5.76. The number of aliphatic imine (C=N–C) groups is 1. The number of anilines is 1. The van der Waals surface area contributed by atoms with Crippen LogP contribution in [0.4, 0.5) is 5.69 Å². The average molecular weight is 509 g/mol. The van der Waals surface area contributed by atoms with Gasteiger partial charge in [0.05, 0.1) is 0 Å². The van der Waals surface area contributed by atoms with Crippen LogP contribution in [0.25, 0.3) is 0 Å². The average Bonchev–Trinajstić information content (AvgIpc) is 3.17. The lowest BCUT2D eigenvalue weighted by Gasteiger charge is -2.20. The van der Waals surface area contributed by atoms with Crippen LogP contribution < -0.4 is 21.1 Å². The number of halogens is 1. The second-order valence-corrected chi connectivity index (χ2v) is 7.35.